The fraction of sp³-hybridized carbons (Fsp3) is 0.357. The predicted molar refractivity (Wildman–Crippen MR) is 142 cm³/mol. The van der Waals surface area contributed by atoms with Gasteiger partial charge in [0.1, 0.15) is 11.8 Å². The fourth-order valence-electron chi connectivity index (χ4n) is 4.46. The minimum Gasteiger partial charge on any atom is -0.404 e. The van der Waals surface area contributed by atoms with Crippen molar-refractivity contribution in [1.82, 2.24) is 15.5 Å². The third-order valence-electron chi connectivity index (χ3n) is 6.66. The Morgan fingerprint density at radius 1 is 1.15 bits per heavy atom. The highest BCUT2D eigenvalue weighted by atomic mass is 31.2. The van der Waals surface area contributed by atoms with Gasteiger partial charge < -0.3 is 14.7 Å². The first-order chi connectivity index (χ1) is 19.0. The number of hydrogen-bond acceptors (Lipinski definition) is 8. The van der Waals surface area contributed by atoms with Gasteiger partial charge in [0.15, 0.2) is 0 Å². The van der Waals surface area contributed by atoms with Crippen LogP contribution in [0, 0.1) is 17.3 Å². The van der Waals surface area contributed by atoms with Gasteiger partial charge in [-0.15, -0.1) is 0 Å². The van der Waals surface area contributed by atoms with Gasteiger partial charge in [0, 0.05) is 42.0 Å². The first-order valence-corrected chi connectivity index (χ1v) is 14.2. The second-order valence-corrected chi connectivity index (χ2v) is 12.2. The van der Waals surface area contributed by atoms with Gasteiger partial charge in [-0.1, -0.05) is 31.9 Å². The molecule has 4 amide bonds. The molecular weight excluding hydrogens is 537 g/mol. The second-order valence-electron chi connectivity index (χ2n) is 10.6. The summed E-state index contributed by atoms with van der Waals surface area (Å²) < 4.78 is 28.6. The van der Waals surface area contributed by atoms with Crippen molar-refractivity contribution in [3.8, 4) is 17.6 Å². The predicted octanol–water partition coefficient (Wildman–Crippen LogP) is 2.68. The van der Waals surface area contributed by atoms with Gasteiger partial charge in [0.2, 0.25) is 11.8 Å². The molecule has 1 unspecified atom stereocenters. The zero-order chi connectivity index (χ0) is 28.5. The van der Waals surface area contributed by atoms with Gasteiger partial charge in [-0.3, -0.25) is 33.5 Å². The van der Waals surface area contributed by atoms with Crippen molar-refractivity contribution in [2.75, 3.05) is 13.2 Å². The molecule has 2 N–H and O–H groups in total. The average Bonchev–Trinajstić information content (AvgIpc) is 3.24. The van der Waals surface area contributed by atoms with Gasteiger partial charge in [-0.05, 0) is 47.9 Å². The molecule has 12 heteroatoms. The average molecular weight is 566 g/mol. The molecule has 3 aliphatic rings. The summed E-state index contributed by atoms with van der Waals surface area (Å²) in [7, 11) is -3.68. The molecule has 0 aromatic heterocycles. The van der Waals surface area contributed by atoms with Gasteiger partial charge in [0.25, 0.3) is 11.8 Å². The molecule has 2 aromatic rings. The zero-order valence-corrected chi connectivity index (χ0v) is 22.9. The van der Waals surface area contributed by atoms with Crippen LogP contribution < -0.4 is 15.2 Å². The zero-order valence-electron chi connectivity index (χ0n) is 22.0. The summed E-state index contributed by atoms with van der Waals surface area (Å²) in [5.74, 6) is 4.05. The molecule has 0 aliphatic carbocycles. The van der Waals surface area contributed by atoms with Crippen LogP contribution in [0.3, 0.4) is 0 Å². The molecule has 3 heterocycles. The topological polar surface area (TPSA) is 140 Å². The Morgan fingerprint density at radius 2 is 1.88 bits per heavy atom. The molecular formula is C28H28N3O8P. The van der Waals surface area contributed by atoms with Gasteiger partial charge in [-0.2, -0.15) is 0 Å². The summed E-state index contributed by atoms with van der Waals surface area (Å²) in [6.45, 7) is 4.85. The SMILES string of the molecule is CC1(C)COP(=O)(Oc2ccc(C#CC(=O)NCc3ccc4c(c3)CN(C3CCC(=O)NC3=O)C4=O)cc2)OC1. The van der Waals surface area contributed by atoms with Crippen molar-refractivity contribution in [3.63, 3.8) is 0 Å². The number of hydrogen-bond donors (Lipinski definition) is 2. The number of nitrogens with zero attached hydrogens (tertiary/aromatic N) is 1. The summed E-state index contributed by atoms with van der Waals surface area (Å²) >= 11 is 0. The molecule has 40 heavy (non-hydrogen) atoms. The Hall–Kier alpha value is -3.97. The number of carbonyl (C=O) groups excluding carboxylic acids is 4. The maximum Gasteiger partial charge on any atom is 0.530 e. The van der Waals surface area contributed by atoms with E-state index < -0.39 is 25.7 Å². The van der Waals surface area contributed by atoms with E-state index in [2.05, 4.69) is 22.5 Å². The number of carbonyl (C=O) groups is 4. The Balaban J connectivity index is 1.13. The minimum atomic E-state index is -3.68. The van der Waals surface area contributed by atoms with E-state index >= 15 is 0 Å². The summed E-state index contributed by atoms with van der Waals surface area (Å²) in [6.07, 6.45) is 0.487. The number of nitrogens with one attached hydrogen (secondary N) is 2. The number of phosphoric ester groups is 1. The molecule has 0 radical (unpaired) electrons. The summed E-state index contributed by atoms with van der Waals surface area (Å²) in [5, 5.41) is 5.01. The molecule has 5 rings (SSSR count). The normalized spacial score (nSPS) is 21.1. The maximum absolute atomic E-state index is 12.8. The monoisotopic (exact) mass is 565 g/mol. The van der Waals surface area contributed by atoms with Gasteiger partial charge >= 0.3 is 7.82 Å². The number of rotatable bonds is 5. The van der Waals surface area contributed by atoms with E-state index in [9.17, 15) is 23.7 Å². The highest BCUT2D eigenvalue weighted by Gasteiger charge is 2.40. The minimum absolute atomic E-state index is 0.192. The Morgan fingerprint density at radius 3 is 2.58 bits per heavy atom. The number of imide groups is 1. The van der Waals surface area contributed by atoms with Gasteiger partial charge in [-0.25, -0.2) is 4.57 Å². The summed E-state index contributed by atoms with van der Waals surface area (Å²) in [4.78, 5) is 50.3. The summed E-state index contributed by atoms with van der Waals surface area (Å²) in [6, 6.07) is 10.9. The van der Waals surface area contributed by atoms with Crippen LogP contribution in [0.1, 0.15) is 53.7 Å². The van der Waals surface area contributed by atoms with E-state index in [1.54, 1.807) is 36.4 Å². The van der Waals surface area contributed by atoms with Crippen LogP contribution in [-0.4, -0.2) is 47.8 Å². The lowest BCUT2D eigenvalue weighted by atomic mass is 9.97. The molecule has 1 atom stereocenters. The number of fused-ring (bicyclic) bond motifs is 1. The molecule has 2 fully saturated rings. The third-order valence-corrected chi connectivity index (χ3v) is 7.98. The van der Waals surface area contributed by atoms with Crippen LogP contribution >= 0.6 is 7.82 Å². The molecule has 2 aromatic carbocycles. The molecule has 0 bridgehead atoms. The van der Waals surface area contributed by atoms with Crippen LogP contribution in [-0.2, 0) is 41.1 Å². The molecule has 11 nitrogen and oxygen atoms in total. The Bertz CT molecular complexity index is 1480. The van der Waals surface area contributed by atoms with Crippen LogP contribution in [0.5, 0.6) is 5.75 Å². The smallest absolute Gasteiger partial charge is 0.404 e. The Labute approximate surface area is 231 Å². The molecule has 0 saturated carbocycles. The molecule has 0 spiro atoms. The molecule has 2 saturated heterocycles. The van der Waals surface area contributed by atoms with Crippen molar-refractivity contribution in [3.05, 3.63) is 64.7 Å². The molecule has 3 aliphatic heterocycles. The fourth-order valence-corrected chi connectivity index (χ4v) is 6.04. The molecule has 208 valence electrons. The van der Waals surface area contributed by atoms with Crippen molar-refractivity contribution in [1.29, 1.82) is 0 Å². The number of phosphoric acid groups is 1. The van der Waals surface area contributed by atoms with Gasteiger partial charge in [0.05, 0.1) is 13.2 Å². The number of benzene rings is 2. The maximum atomic E-state index is 12.8. The van der Waals surface area contributed by atoms with E-state index in [0.29, 0.717) is 23.3 Å². The first kappa shape index (κ1) is 27.6. The highest BCUT2D eigenvalue weighted by Crippen LogP contribution is 2.54. The quantitative estimate of drug-likeness (QED) is 0.321. The largest absolute Gasteiger partial charge is 0.530 e. The highest BCUT2D eigenvalue weighted by molar-refractivity contribution is 7.49. The van der Waals surface area contributed by atoms with Crippen LogP contribution in [0.2, 0.25) is 0 Å². The van der Waals surface area contributed by atoms with Crippen LogP contribution in [0.25, 0.3) is 0 Å². The number of amides is 4. The van der Waals surface area contributed by atoms with Crippen LogP contribution in [0.4, 0.5) is 0 Å². The van der Waals surface area contributed by atoms with Crippen molar-refractivity contribution in [2.45, 2.75) is 45.8 Å². The summed E-state index contributed by atoms with van der Waals surface area (Å²) in [5.41, 5.74) is 2.35. The lowest BCUT2D eigenvalue weighted by molar-refractivity contribution is -0.137. The Kier molecular flexibility index (Phi) is 7.51. The van der Waals surface area contributed by atoms with Crippen molar-refractivity contribution < 1.29 is 37.3 Å². The van der Waals surface area contributed by atoms with Crippen molar-refractivity contribution in [2.24, 2.45) is 5.41 Å². The van der Waals surface area contributed by atoms with E-state index in [1.807, 2.05) is 19.9 Å². The lowest BCUT2D eigenvalue weighted by Gasteiger charge is -2.32. The van der Waals surface area contributed by atoms with E-state index in [0.717, 1.165) is 11.1 Å². The second kappa shape index (κ2) is 10.9. The first-order valence-electron chi connectivity index (χ1n) is 12.8. The lowest BCUT2D eigenvalue weighted by Crippen LogP contribution is -2.52. The van der Waals surface area contributed by atoms with Crippen molar-refractivity contribution >= 4 is 31.5 Å². The van der Waals surface area contributed by atoms with E-state index in [4.69, 9.17) is 13.6 Å². The van der Waals surface area contributed by atoms with Crippen LogP contribution in [0.15, 0.2) is 42.5 Å². The van der Waals surface area contributed by atoms with E-state index in [1.165, 1.54) is 4.90 Å². The van der Waals surface area contributed by atoms with E-state index in [-0.39, 0.29) is 50.0 Å². The number of piperidine rings is 1. The third kappa shape index (κ3) is 6.26. The standard InChI is InChI=1S/C28H28N3O8P/c1-28(2)16-37-40(36,38-17-28)39-21-7-3-18(4-8-21)6-11-24(32)29-14-19-5-9-22-20(13-19)15-31(27(22)35)23-10-12-25(33)30-26(23)34/h3-5,7-9,13,23H,10,12,14-17H2,1-2H3,(H,29,32)(H,30,33,34).